The molecule has 1 amide bonds. The highest BCUT2D eigenvalue weighted by molar-refractivity contribution is 5.73. The Morgan fingerprint density at radius 2 is 2.15 bits per heavy atom. The van der Waals surface area contributed by atoms with Gasteiger partial charge in [-0.15, -0.1) is 0 Å². The van der Waals surface area contributed by atoms with E-state index in [1.54, 1.807) is 12.5 Å². The van der Waals surface area contributed by atoms with Crippen molar-refractivity contribution in [3.8, 4) is 0 Å². The van der Waals surface area contributed by atoms with Gasteiger partial charge in [0, 0.05) is 33.1 Å². The highest BCUT2D eigenvalue weighted by Crippen LogP contribution is 2.30. The van der Waals surface area contributed by atoms with Gasteiger partial charge in [0.05, 0.1) is 0 Å². The Bertz CT molecular complexity index is 377. The third-order valence-corrected chi connectivity index (χ3v) is 5.17. The molecule has 3 heteroatoms. The van der Waals surface area contributed by atoms with E-state index in [0.717, 1.165) is 31.5 Å². The number of carbonyl (C=O) groups excluding carboxylic acids is 1. The third kappa shape index (κ3) is 3.85. The van der Waals surface area contributed by atoms with Crippen molar-refractivity contribution in [3.05, 3.63) is 11.6 Å². The van der Waals surface area contributed by atoms with Crippen LogP contribution in [-0.4, -0.2) is 48.9 Å². The number of likely N-dealkylation sites (tertiary alicyclic amines) is 1. The minimum absolute atomic E-state index is 0.231. The van der Waals surface area contributed by atoms with Crippen LogP contribution in [0.4, 0.5) is 0 Å². The van der Waals surface area contributed by atoms with Crippen LogP contribution in [0.2, 0.25) is 0 Å². The average molecular weight is 278 g/mol. The second kappa shape index (κ2) is 6.75. The SMILES string of the molecule is CC(=O)N1CC[C@H](CN(C)C[C@@H]2C(C)=CCC[C@H]2C)C1. The van der Waals surface area contributed by atoms with E-state index in [9.17, 15) is 4.79 Å². The highest BCUT2D eigenvalue weighted by Gasteiger charge is 2.27. The number of nitrogens with zero attached hydrogens (tertiary/aromatic N) is 2. The maximum absolute atomic E-state index is 11.4. The predicted octanol–water partition coefficient (Wildman–Crippen LogP) is 2.78. The molecular formula is C17H30N2O. The number of amides is 1. The summed E-state index contributed by atoms with van der Waals surface area (Å²) in [6.07, 6.45) is 6.17. The topological polar surface area (TPSA) is 23.6 Å². The quantitative estimate of drug-likeness (QED) is 0.738. The largest absolute Gasteiger partial charge is 0.343 e. The summed E-state index contributed by atoms with van der Waals surface area (Å²) in [7, 11) is 2.24. The summed E-state index contributed by atoms with van der Waals surface area (Å²) in [5.41, 5.74) is 1.58. The fraction of sp³-hybridized carbons (Fsp3) is 0.824. The van der Waals surface area contributed by atoms with Crippen molar-refractivity contribution in [2.24, 2.45) is 17.8 Å². The number of rotatable bonds is 4. The molecule has 0 radical (unpaired) electrons. The van der Waals surface area contributed by atoms with Gasteiger partial charge in [0.1, 0.15) is 0 Å². The summed E-state index contributed by atoms with van der Waals surface area (Å²) < 4.78 is 0. The van der Waals surface area contributed by atoms with Gasteiger partial charge < -0.3 is 9.80 Å². The van der Waals surface area contributed by atoms with Gasteiger partial charge in [0.25, 0.3) is 0 Å². The molecule has 3 atom stereocenters. The molecular weight excluding hydrogens is 248 g/mol. The zero-order valence-electron chi connectivity index (χ0n) is 13.6. The molecule has 114 valence electrons. The summed E-state index contributed by atoms with van der Waals surface area (Å²) in [5.74, 6) is 2.42. The van der Waals surface area contributed by atoms with Gasteiger partial charge in [0.2, 0.25) is 5.91 Å². The Morgan fingerprint density at radius 3 is 2.75 bits per heavy atom. The monoisotopic (exact) mass is 278 g/mol. The second-order valence-corrected chi connectivity index (χ2v) is 6.95. The summed E-state index contributed by atoms with van der Waals surface area (Å²) >= 11 is 0. The molecule has 0 unspecified atom stereocenters. The molecule has 3 nitrogen and oxygen atoms in total. The zero-order chi connectivity index (χ0) is 14.7. The van der Waals surface area contributed by atoms with Crippen molar-refractivity contribution in [1.29, 1.82) is 0 Å². The Kier molecular flexibility index (Phi) is 5.25. The Hall–Kier alpha value is -0.830. The van der Waals surface area contributed by atoms with Gasteiger partial charge in [-0.2, -0.15) is 0 Å². The van der Waals surface area contributed by atoms with E-state index in [0.29, 0.717) is 5.92 Å². The fourth-order valence-corrected chi connectivity index (χ4v) is 3.82. The van der Waals surface area contributed by atoms with E-state index in [2.05, 4.69) is 31.9 Å². The molecule has 1 aliphatic carbocycles. The first-order chi connectivity index (χ1) is 9.47. The van der Waals surface area contributed by atoms with Crippen LogP contribution in [0.25, 0.3) is 0 Å². The molecule has 2 aliphatic rings. The maximum Gasteiger partial charge on any atom is 0.219 e. The second-order valence-electron chi connectivity index (χ2n) is 6.95. The standard InChI is InChI=1S/C17H30N2O/c1-13-6-5-7-14(2)17(13)12-18(4)10-16-8-9-19(11-16)15(3)20/h6,14,16-17H,5,7-12H2,1-4H3/t14-,16-,17-/m1/s1. The highest BCUT2D eigenvalue weighted by atomic mass is 16.2. The van der Waals surface area contributed by atoms with Crippen LogP contribution in [0.3, 0.4) is 0 Å². The van der Waals surface area contributed by atoms with Gasteiger partial charge >= 0.3 is 0 Å². The minimum atomic E-state index is 0.231. The molecule has 1 heterocycles. The van der Waals surface area contributed by atoms with Crippen LogP contribution in [0.5, 0.6) is 0 Å². The van der Waals surface area contributed by atoms with E-state index in [-0.39, 0.29) is 5.91 Å². The molecule has 2 rings (SSSR count). The van der Waals surface area contributed by atoms with Gasteiger partial charge in [-0.1, -0.05) is 18.6 Å². The van der Waals surface area contributed by atoms with Gasteiger partial charge in [-0.25, -0.2) is 0 Å². The smallest absolute Gasteiger partial charge is 0.219 e. The number of carbonyl (C=O) groups is 1. The van der Waals surface area contributed by atoms with Crippen LogP contribution >= 0.6 is 0 Å². The first-order valence-corrected chi connectivity index (χ1v) is 8.08. The van der Waals surface area contributed by atoms with Crippen LogP contribution in [0, 0.1) is 17.8 Å². The molecule has 1 fully saturated rings. The van der Waals surface area contributed by atoms with Crippen molar-refractivity contribution >= 4 is 5.91 Å². The van der Waals surface area contributed by atoms with Crippen molar-refractivity contribution in [2.75, 3.05) is 33.2 Å². The predicted molar refractivity (Wildman–Crippen MR) is 83.5 cm³/mol. The Balaban J connectivity index is 1.81. The van der Waals surface area contributed by atoms with Gasteiger partial charge in [-0.05, 0) is 51.0 Å². The molecule has 1 aliphatic heterocycles. The average Bonchev–Trinajstić information content (AvgIpc) is 2.82. The zero-order valence-corrected chi connectivity index (χ0v) is 13.6. The minimum Gasteiger partial charge on any atom is -0.343 e. The lowest BCUT2D eigenvalue weighted by molar-refractivity contribution is -0.127. The van der Waals surface area contributed by atoms with E-state index in [1.807, 2.05) is 4.90 Å². The molecule has 0 N–H and O–H groups in total. The molecule has 0 aromatic carbocycles. The van der Waals surface area contributed by atoms with Crippen LogP contribution < -0.4 is 0 Å². The molecule has 1 saturated heterocycles. The van der Waals surface area contributed by atoms with E-state index < -0.39 is 0 Å². The molecule has 0 bridgehead atoms. The summed E-state index contributed by atoms with van der Waals surface area (Å²) in [5, 5.41) is 0. The van der Waals surface area contributed by atoms with Crippen molar-refractivity contribution in [1.82, 2.24) is 9.80 Å². The van der Waals surface area contributed by atoms with Crippen molar-refractivity contribution in [2.45, 2.75) is 40.0 Å². The molecule has 0 aromatic heterocycles. The molecule has 0 spiro atoms. The van der Waals surface area contributed by atoms with E-state index >= 15 is 0 Å². The first kappa shape index (κ1) is 15.6. The van der Waals surface area contributed by atoms with Crippen LogP contribution in [-0.2, 0) is 4.79 Å². The molecule has 0 saturated carbocycles. The normalized spacial score (nSPS) is 30.8. The van der Waals surface area contributed by atoms with Crippen molar-refractivity contribution in [3.63, 3.8) is 0 Å². The Labute approximate surface area is 124 Å². The third-order valence-electron chi connectivity index (χ3n) is 5.17. The van der Waals surface area contributed by atoms with E-state index in [4.69, 9.17) is 0 Å². The summed E-state index contributed by atoms with van der Waals surface area (Å²) in [6, 6.07) is 0. The fourth-order valence-electron chi connectivity index (χ4n) is 3.82. The van der Waals surface area contributed by atoms with E-state index in [1.165, 1.54) is 25.8 Å². The lowest BCUT2D eigenvalue weighted by Crippen LogP contribution is -2.35. The van der Waals surface area contributed by atoms with Gasteiger partial charge in [-0.3, -0.25) is 4.79 Å². The number of hydrogen-bond acceptors (Lipinski definition) is 2. The van der Waals surface area contributed by atoms with Gasteiger partial charge in [0.15, 0.2) is 0 Å². The van der Waals surface area contributed by atoms with Crippen molar-refractivity contribution < 1.29 is 4.79 Å². The number of hydrogen-bond donors (Lipinski definition) is 0. The Morgan fingerprint density at radius 1 is 1.40 bits per heavy atom. The summed E-state index contributed by atoms with van der Waals surface area (Å²) in [6.45, 7) is 10.6. The first-order valence-electron chi connectivity index (χ1n) is 8.08. The number of allylic oxidation sites excluding steroid dienone is 1. The lowest BCUT2D eigenvalue weighted by atomic mass is 9.80. The summed E-state index contributed by atoms with van der Waals surface area (Å²) in [4.78, 5) is 15.9. The lowest BCUT2D eigenvalue weighted by Gasteiger charge is -2.33. The molecule has 20 heavy (non-hydrogen) atoms. The molecule has 0 aromatic rings. The van der Waals surface area contributed by atoms with Crippen LogP contribution in [0.15, 0.2) is 11.6 Å². The maximum atomic E-state index is 11.4. The van der Waals surface area contributed by atoms with Crippen LogP contribution in [0.1, 0.15) is 40.0 Å².